The van der Waals surface area contributed by atoms with E-state index in [1.54, 1.807) is 0 Å². The van der Waals surface area contributed by atoms with Gasteiger partial charge in [0.2, 0.25) is 0 Å². The Bertz CT molecular complexity index is 378. The van der Waals surface area contributed by atoms with Crippen molar-refractivity contribution in [3.8, 4) is 0 Å². The van der Waals surface area contributed by atoms with Crippen molar-refractivity contribution in [1.29, 1.82) is 0 Å². The summed E-state index contributed by atoms with van der Waals surface area (Å²) in [6.07, 6.45) is 9.00. The minimum absolute atomic E-state index is 0.236. The Morgan fingerprint density at radius 3 is 2.35 bits per heavy atom. The van der Waals surface area contributed by atoms with Crippen molar-refractivity contribution in [2.24, 2.45) is 17.3 Å². The summed E-state index contributed by atoms with van der Waals surface area (Å²) in [7, 11) is 0. The van der Waals surface area contributed by atoms with Gasteiger partial charge in [0.25, 0.3) is 0 Å². The first-order valence-corrected chi connectivity index (χ1v) is 9.94. The molecule has 0 aromatic heterocycles. The maximum atomic E-state index is 6.42. The summed E-state index contributed by atoms with van der Waals surface area (Å²) >= 11 is 0. The molecule has 1 heterocycles. The SMILES string of the molecule is CCN(CCC1COC2(CCC(C(C)(C)C)CC2)O1)CC1CC1. The van der Waals surface area contributed by atoms with Gasteiger partial charge in [0.1, 0.15) is 0 Å². The van der Waals surface area contributed by atoms with Crippen molar-refractivity contribution in [2.75, 3.05) is 26.2 Å². The predicted octanol–water partition coefficient (Wildman–Crippen LogP) is 4.46. The van der Waals surface area contributed by atoms with E-state index in [9.17, 15) is 0 Å². The molecule has 3 heteroatoms. The van der Waals surface area contributed by atoms with Crippen LogP contribution in [0.25, 0.3) is 0 Å². The van der Waals surface area contributed by atoms with Crippen LogP contribution in [0.15, 0.2) is 0 Å². The molecule has 0 bridgehead atoms. The van der Waals surface area contributed by atoms with Crippen LogP contribution in [0, 0.1) is 17.3 Å². The van der Waals surface area contributed by atoms with Gasteiger partial charge in [-0.3, -0.25) is 0 Å². The summed E-state index contributed by atoms with van der Waals surface area (Å²) < 4.78 is 12.6. The quantitative estimate of drug-likeness (QED) is 0.720. The molecule has 134 valence electrons. The maximum Gasteiger partial charge on any atom is 0.168 e. The second kappa shape index (κ2) is 7.01. The van der Waals surface area contributed by atoms with Crippen molar-refractivity contribution < 1.29 is 9.47 Å². The standard InChI is InChI=1S/C20H37NO2/c1-5-21(14-16-6-7-16)13-10-18-15-22-20(23-18)11-8-17(9-12-20)19(2,3)4/h16-18H,5-15H2,1-4H3. The van der Waals surface area contributed by atoms with Crippen LogP contribution in [-0.4, -0.2) is 43.0 Å². The van der Waals surface area contributed by atoms with E-state index in [-0.39, 0.29) is 5.79 Å². The lowest BCUT2D eigenvalue weighted by Crippen LogP contribution is -2.39. The molecule has 0 N–H and O–H groups in total. The highest BCUT2D eigenvalue weighted by molar-refractivity contribution is 4.89. The summed E-state index contributed by atoms with van der Waals surface area (Å²) in [6.45, 7) is 13.8. The molecule has 0 radical (unpaired) electrons. The summed E-state index contributed by atoms with van der Waals surface area (Å²) in [5, 5.41) is 0. The third-order valence-electron chi connectivity index (χ3n) is 6.31. The van der Waals surface area contributed by atoms with E-state index in [4.69, 9.17) is 9.47 Å². The molecule has 0 aromatic rings. The maximum absolute atomic E-state index is 6.42. The molecular formula is C20H37NO2. The van der Waals surface area contributed by atoms with Crippen LogP contribution in [0.4, 0.5) is 0 Å². The fourth-order valence-electron chi connectivity index (χ4n) is 4.32. The minimum Gasteiger partial charge on any atom is -0.347 e. The fourth-order valence-corrected chi connectivity index (χ4v) is 4.32. The van der Waals surface area contributed by atoms with Gasteiger partial charge < -0.3 is 14.4 Å². The molecule has 1 spiro atoms. The Balaban J connectivity index is 1.41. The molecule has 3 aliphatic rings. The van der Waals surface area contributed by atoms with Gasteiger partial charge in [-0.2, -0.15) is 0 Å². The Labute approximate surface area is 143 Å². The normalized spacial score (nSPS) is 35.3. The molecule has 0 aromatic carbocycles. The summed E-state index contributed by atoms with van der Waals surface area (Å²) in [5.74, 6) is 1.56. The number of ether oxygens (including phenoxy) is 2. The van der Waals surface area contributed by atoms with Crippen LogP contribution >= 0.6 is 0 Å². The fraction of sp³-hybridized carbons (Fsp3) is 1.00. The van der Waals surface area contributed by atoms with E-state index >= 15 is 0 Å². The predicted molar refractivity (Wildman–Crippen MR) is 94.4 cm³/mol. The van der Waals surface area contributed by atoms with E-state index in [1.165, 1.54) is 45.3 Å². The minimum atomic E-state index is -0.236. The van der Waals surface area contributed by atoms with Gasteiger partial charge in [0.15, 0.2) is 5.79 Å². The molecule has 1 aliphatic heterocycles. The molecule has 1 atom stereocenters. The third-order valence-corrected chi connectivity index (χ3v) is 6.31. The summed E-state index contributed by atoms with van der Waals surface area (Å²) in [4.78, 5) is 2.60. The number of rotatable bonds is 6. The van der Waals surface area contributed by atoms with Gasteiger partial charge in [-0.25, -0.2) is 0 Å². The number of nitrogens with zero attached hydrogens (tertiary/aromatic N) is 1. The average Bonchev–Trinajstić information content (AvgIpc) is 3.24. The second-order valence-electron chi connectivity index (χ2n) is 9.23. The first-order valence-electron chi connectivity index (χ1n) is 9.94. The molecule has 1 unspecified atom stereocenters. The molecule has 3 rings (SSSR count). The van der Waals surface area contributed by atoms with Gasteiger partial charge >= 0.3 is 0 Å². The zero-order chi connectivity index (χ0) is 16.5. The van der Waals surface area contributed by atoms with E-state index in [0.29, 0.717) is 11.5 Å². The zero-order valence-corrected chi connectivity index (χ0v) is 15.8. The topological polar surface area (TPSA) is 21.7 Å². The highest BCUT2D eigenvalue weighted by atomic mass is 16.7. The smallest absolute Gasteiger partial charge is 0.168 e. The lowest BCUT2D eigenvalue weighted by molar-refractivity contribution is -0.197. The number of hydrogen-bond acceptors (Lipinski definition) is 3. The molecule has 2 aliphatic carbocycles. The van der Waals surface area contributed by atoms with Crippen molar-refractivity contribution in [3.63, 3.8) is 0 Å². The van der Waals surface area contributed by atoms with Gasteiger partial charge in [-0.1, -0.05) is 27.7 Å². The van der Waals surface area contributed by atoms with E-state index in [0.717, 1.165) is 37.7 Å². The van der Waals surface area contributed by atoms with E-state index < -0.39 is 0 Å². The Morgan fingerprint density at radius 2 is 1.78 bits per heavy atom. The van der Waals surface area contributed by atoms with Crippen LogP contribution in [0.3, 0.4) is 0 Å². The molecule has 0 amide bonds. The van der Waals surface area contributed by atoms with Gasteiger partial charge in [0, 0.05) is 25.9 Å². The van der Waals surface area contributed by atoms with Crippen LogP contribution in [-0.2, 0) is 9.47 Å². The van der Waals surface area contributed by atoms with Crippen molar-refractivity contribution >= 4 is 0 Å². The Kier molecular flexibility index (Phi) is 5.40. The van der Waals surface area contributed by atoms with Crippen molar-refractivity contribution in [2.45, 2.75) is 84.5 Å². The highest BCUT2D eigenvalue weighted by Crippen LogP contribution is 2.45. The molecule has 23 heavy (non-hydrogen) atoms. The van der Waals surface area contributed by atoms with Crippen molar-refractivity contribution in [1.82, 2.24) is 4.90 Å². The Hall–Kier alpha value is -0.120. The Morgan fingerprint density at radius 1 is 1.09 bits per heavy atom. The van der Waals surface area contributed by atoms with E-state index in [2.05, 4.69) is 32.6 Å². The van der Waals surface area contributed by atoms with Gasteiger partial charge in [0.05, 0.1) is 12.7 Å². The zero-order valence-electron chi connectivity index (χ0n) is 15.8. The van der Waals surface area contributed by atoms with Gasteiger partial charge in [-0.05, 0) is 55.9 Å². The summed E-state index contributed by atoms with van der Waals surface area (Å²) in [6, 6.07) is 0. The molecule has 3 fully saturated rings. The molecule has 3 nitrogen and oxygen atoms in total. The van der Waals surface area contributed by atoms with Gasteiger partial charge in [-0.15, -0.1) is 0 Å². The van der Waals surface area contributed by atoms with E-state index in [1.807, 2.05) is 0 Å². The third kappa shape index (κ3) is 4.70. The second-order valence-corrected chi connectivity index (χ2v) is 9.23. The lowest BCUT2D eigenvalue weighted by Gasteiger charge is -2.41. The molecular weight excluding hydrogens is 286 g/mol. The largest absolute Gasteiger partial charge is 0.347 e. The highest BCUT2D eigenvalue weighted by Gasteiger charge is 2.45. The first-order chi connectivity index (χ1) is 10.9. The lowest BCUT2D eigenvalue weighted by atomic mass is 9.71. The van der Waals surface area contributed by atoms with Crippen LogP contribution in [0.5, 0.6) is 0 Å². The first kappa shape index (κ1) is 17.7. The molecule has 2 saturated carbocycles. The summed E-state index contributed by atoms with van der Waals surface area (Å²) in [5.41, 5.74) is 0.421. The van der Waals surface area contributed by atoms with Crippen molar-refractivity contribution in [3.05, 3.63) is 0 Å². The molecule has 1 saturated heterocycles. The number of hydrogen-bond donors (Lipinski definition) is 0. The average molecular weight is 324 g/mol. The monoisotopic (exact) mass is 323 g/mol. The van der Waals surface area contributed by atoms with Crippen LogP contribution in [0.2, 0.25) is 0 Å². The van der Waals surface area contributed by atoms with Crippen LogP contribution < -0.4 is 0 Å². The van der Waals surface area contributed by atoms with Crippen LogP contribution in [0.1, 0.15) is 72.6 Å².